The van der Waals surface area contributed by atoms with E-state index < -0.39 is 4.92 Å². The van der Waals surface area contributed by atoms with E-state index in [-0.39, 0.29) is 29.8 Å². The Bertz CT molecular complexity index is 1100. The van der Waals surface area contributed by atoms with Crippen molar-refractivity contribution < 1.29 is 14.1 Å². The molecule has 33 heavy (non-hydrogen) atoms. The quantitative estimate of drug-likeness (QED) is 0.416. The first kappa shape index (κ1) is 24.2. The first-order chi connectivity index (χ1) is 15.5. The van der Waals surface area contributed by atoms with Crippen molar-refractivity contribution in [2.45, 2.75) is 6.54 Å². The monoisotopic (exact) mass is 470 g/mol. The van der Waals surface area contributed by atoms with Gasteiger partial charge >= 0.3 is 0 Å². The molecular formula is C24H24ClFN4O3. The van der Waals surface area contributed by atoms with Crippen molar-refractivity contribution >= 4 is 35.4 Å². The molecule has 1 aliphatic rings. The van der Waals surface area contributed by atoms with Crippen LogP contribution in [0, 0.1) is 15.9 Å². The lowest BCUT2D eigenvalue weighted by Crippen LogP contribution is -2.46. The second-order valence-corrected chi connectivity index (χ2v) is 7.66. The van der Waals surface area contributed by atoms with Gasteiger partial charge in [-0.15, -0.1) is 12.4 Å². The maximum absolute atomic E-state index is 13.9. The van der Waals surface area contributed by atoms with Crippen LogP contribution in [0.5, 0.6) is 0 Å². The number of nitro benzene ring substituents is 1. The molecule has 1 N–H and O–H groups in total. The predicted molar refractivity (Wildman–Crippen MR) is 129 cm³/mol. The highest BCUT2D eigenvalue weighted by molar-refractivity contribution is 6.04. The number of non-ortho nitro benzene ring substituents is 1. The van der Waals surface area contributed by atoms with Crippen molar-refractivity contribution in [2.75, 3.05) is 36.4 Å². The number of carbonyl (C=O) groups is 1. The molecule has 0 bridgehead atoms. The Balaban J connectivity index is 0.00000306. The van der Waals surface area contributed by atoms with Gasteiger partial charge in [-0.1, -0.05) is 18.2 Å². The van der Waals surface area contributed by atoms with Crippen LogP contribution in [0.15, 0.2) is 72.8 Å². The summed E-state index contributed by atoms with van der Waals surface area (Å²) < 4.78 is 13.9. The van der Waals surface area contributed by atoms with E-state index in [0.29, 0.717) is 23.4 Å². The van der Waals surface area contributed by atoms with Gasteiger partial charge in [0.15, 0.2) is 0 Å². The molecule has 9 heteroatoms. The minimum Gasteiger partial charge on any atom is -0.369 e. The minimum atomic E-state index is -0.500. The Labute approximate surface area is 197 Å². The first-order valence-corrected chi connectivity index (χ1v) is 10.4. The summed E-state index contributed by atoms with van der Waals surface area (Å²) in [5.74, 6) is -0.490. The van der Waals surface area contributed by atoms with Gasteiger partial charge < -0.3 is 10.2 Å². The lowest BCUT2D eigenvalue weighted by molar-refractivity contribution is -0.384. The van der Waals surface area contributed by atoms with Gasteiger partial charge in [0.25, 0.3) is 11.6 Å². The van der Waals surface area contributed by atoms with Gasteiger partial charge in [0.2, 0.25) is 0 Å². The third-order valence-corrected chi connectivity index (χ3v) is 5.55. The average molecular weight is 471 g/mol. The first-order valence-electron chi connectivity index (χ1n) is 10.4. The molecule has 0 aliphatic carbocycles. The molecule has 172 valence electrons. The van der Waals surface area contributed by atoms with E-state index in [9.17, 15) is 19.3 Å². The molecule has 0 radical (unpaired) electrons. The number of nitrogens with one attached hydrogen (secondary N) is 1. The average Bonchev–Trinajstić information content (AvgIpc) is 2.82. The fourth-order valence-corrected chi connectivity index (χ4v) is 3.73. The van der Waals surface area contributed by atoms with Gasteiger partial charge in [0, 0.05) is 67.4 Å². The van der Waals surface area contributed by atoms with Gasteiger partial charge in [-0.05, 0) is 42.5 Å². The second kappa shape index (κ2) is 10.9. The Morgan fingerprint density at radius 1 is 0.939 bits per heavy atom. The maximum Gasteiger partial charge on any atom is 0.269 e. The van der Waals surface area contributed by atoms with Crippen LogP contribution in [-0.2, 0) is 6.54 Å². The molecule has 0 spiro atoms. The molecule has 0 unspecified atom stereocenters. The second-order valence-electron chi connectivity index (χ2n) is 7.66. The summed E-state index contributed by atoms with van der Waals surface area (Å²) in [6, 6.07) is 20.0. The highest BCUT2D eigenvalue weighted by Crippen LogP contribution is 2.21. The molecule has 1 saturated heterocycles. The third kappa shape index (κ3) is 6.06. The van der Waals surface area contributed by atoms with Crippen molar-refractivity contribution in [2.24, 2.45) is 0 Å². The Hall–Kier alpha value is -3.49. The Kier molecular flexibility index (Phi) is 7.97. The topological polar surface area (TPSA) is 78.7 Å². The van der Waals surface area contributed by atoms with Crippen LogP contribution in [-0.4, -0.2) is 41.9 Å². The van der Waals surface area contributed by atoms with Gasteiger partial charge in [-0.25, -0.2) is 4.39 Å². The van der Waals surface area contributed by atoms with Gasteiger partial charge in [-0.3, -0.25) is 19.8 Å². The fourth-order valence-electron chi connectivity index (χ4n) is 3.73. The molecule has 1 aliphatic heterocycles. The van der Waals surface area contributed by atoms with Crippen LogP contribution in [0.4, 0.5) is 21.5 Å². The Morgan fingerprint density at radius 3 is 2.18 bits per heavy atom. The summed E-state index contributed by atoms with van der Waals surface area (Å²) in [5.41, 5.74) is 2.72. The number of carbonyl (C=O) groups excluding carboxylic acids is 1. The van der Waals surface area contributed by atoms with Gasteiger partial charge in [0.1, 0.15) is 5.82 Å². The number of anilines is 2. The number of rotatable bonds is 6. The highest BCUT2D eigenvalue weighted by Gasteiger charge is 2.18. The number of halogens is 2. The molecule has 4 rings (SSSR count). The zero-order chi connectivity index (χ0) is 22.5. The van der Waals surface area contributed by atoms with Crippen LogP contribution < -0.4 is 10.2 Å². The van der Waals surface area contributed by atoms with Crippen LogP contribution in [0.2, 0.25) is 0 Å². The van der Waals surface area contributed by atoms with Gasteiger partial charge in [0.05, 0.1) is 4.92 Å². The molecule has 1 fully saturated rings. The SMILES string of the molecule is Cl.O=C(Nc1ccc(N2CCN(Cc3ccccc3F)CC2)cc1)c1ccc([N+](=O)[O-])cc1. The molecule has 7 nitrogen and oxygen atoms in total. The molecule has 1 amide bonds. The summed E-state index contributed by atoms with van der Waals surface area (Å²) >= 11 is 0. The number of amides is 1. The molecular weight excluding hydrogens is 447 g/mol. The summed E-state index contributed by atoms with van der Waals surface area (Å²) in [6.07, 6.45) is 0. The van der Waals surface area contributed by atoms with E-state index in [1.54, 1.807) is 6.07 Å². The maximum atomic E-state index is 13.9. The molecule has 0 aromatic heterocycles. The summed E-state index contributed by atoms with van der Waals surface area (Å²) in [5, 5.41) is 13.5. The highest BCUT2D eigenvalue weighted by atomic mass is 35.5. The van der Waals surface area contributed by atoms with E-state index >= 15 is 0 Å². The smallest absolute Gasteiger partial charge is 0.269 e. The van der Waals surface area contributed by atoms with Crippen LogP contribution >= 0.6 is 12.4 Å². The summed E-state index contributed by atoms with van der Waals surface area (Å²) in [6.45, 7) is 3.96. The third-order valence-electron chi connectivity index (χ3n) is 5.55. The number of nitrogens with zero attached hydrogens (tertiary/aromatic N) is 3. The van der Waals surface area contributed by atoms with Gasteiger partial charge in [-0.2, -0.15) is 0 Å². The van der Waals surface area contributed by atoms with Crippen LogP contribution in [0.3, 0.4) is 0 Å². The predicted octanol–water partition coefficient (Wildman–Crippen LogP) is 4.73. The van der Waals surface area contributed by atoms with Crippen LogP contribution in [0.25, 0.3) is 0 Å². The lowest BCUT2D eigenvalue weighted by atomic mass is 10.1. The van der Waals surface area contributed by atoms with E-state index in [1.807, 2.05) is 36.4 Å². The van der Waals surface area contributed by atoms with Crippen molar-refractivity contribution in [3.8, 4) is 0 Å². The van der Waals surface area contributed by atoms with E-state index in [1.165, 1.54) is 30.3 Å². The lowest BCUT2D eigenvalue weighted by Gasteiger charge is -2.36. The molecule has 0 saturated carbocycles. The number of benzene rings is 3. The number of hydrogen-bond donors (Lipinski definition) is 1. The summed E-state index contributed by atoms with van der Waals surface area (Å²) in [7, 11) is 0. The number of piperazine rings is 1. The van der Waals surface area contributed by atoms with Crippen molar-refractivity contribution in [1.82, 2.24) is 4.90 Å². The molecule has 1 heterocycles. The number of hydrogen-bond acceptors (Lipinski definition) is 5. The van der Waals surface area contributed by atoms with Crippen molar-refractivity contribution in [1.29, 1.82) is 0 Å². The minimum absolute atomic E-state index is 0. The zero-order valence-electron chi connectivity index (χ0n) is 17.8. The molecule has 3 aromatic rings. The molecule has 0 atom stereocenters. The van der Waals surface area contributed by atoms with E-state index in [4.69, 9.17) is 0 Å². The van der Waals surface area contributed by atoms with E-state index in [2.05, 4.69) is 15.1 Å². The fraction of sp³-hybridized carbons (Fsp3) is 0.208. The van der Waals surface area contributed by atoms with Crippen LogP contribution in [0.1, 0.15) is 15.9 Å². The Morgan fingerprint density at radius 2 is 1.58 bits per heavy atom. The standard InChI is InChI=1S/C24H23FN4O3.ClH/c25-23-4-2-1-3-19(23)17-27-13-15-28(16-14-27)21-11-7-20(8-12-21)26-24(30)18-5-9-22(10-6-18)29(31)32;/h1-12H,13-17H2,(H,26,30);1H. The molecule has 3 aromatic carbocycles. The largest absolute Gasteiger partial charge is 0.369 e. The number of nitro groups is 1. The normalized spacial score (nSPS) is 13.8. The summed E-state index contributed by atoms with van der Waals surface area (Å²) in [4.78, 5) is 27.1. The van der Waals surface area contributed by atoms with Crippen molar-refractivity contribution in [3.63, 3.8) is 0 Å². The zero-order valence-corrected chi connectivity index (χ0v) is 18.6. The van der Waals surface area contributed by atoms with Crippen molar-refractivity contribution in [3.05, 3.63) is 99.9 Å². The van der Waals surface area contributed by atoms with E-state index in [0.717, 1.165) is 31.9 Å².